The van der Waals surface area contributed by atoms with Crippen molar-refractivity contribution in [3.8, 4) is 0 Å². The van der Waals surface area contributed by atoms with E-state index in [9.17, 15) is 4.39 Å². The topological polar surface area (TPSA) is 12.9 Å². The van der Waals surface area contributed by atoms with Gasteiger partial charge in [0.05, 0.1) is 5.02 Å². The molecular weight excluding hydrogens is 412 g/mol. The minimum absolute atomic E-state index is 0.102. The fourth-order valence-corrected chi connectivity index (χ4v) is 3.91. The molecule has 0 saturated carbocycles. The van der Waals surface area contributed by atoms with Crippen molar-refractivity contribution in [1.82, 2.24) is 4.98 Å². The molecule has 0 aliphatic rings. The monoisotopic (exact) mass is 435 g/mol. The first-order valence-corrected chi connectivity index (χ1v) is 11.0. The zero-order valence-electron chi connectivity index (χ0n) is 17.5. The first-order chi connectivity index (χ1) is 15.0. The zero-order valence-corrected chi connectivity index (χ0v) is 18.2. The van der Waals surface area contributed by atoms with Gasteiger partial charge < -0.3 is 0 Å². The Bertz CT molecular complexity index is 1200. The van der Waals surface area contributed by atoms with Gasteiger partial charge in [0.25, 0.3) is 0 Å². The molecule has 1 aromatic heterocycles. The molecule has 158 valence electrons. The molecule has 3 aromatic carbocycles. The lowest BCUT2D eigenvalue weighted by Gasteiger charge is -2.09. The van der Waals surface area contributed by atoms with E-state index in [1.54, 1.807) is 6.07 Å². The van der Waals surface area contributed by atoms with Gasteiger partial charge in [-0.25, -0.2) is 8.78 Å². The summed E-state index contributed by atoms with van der Waals surface area (Å²) in [5.41, 5.74) is 4.91. The Morgan fingerprint density at radius 1 is 0.774 bits per heavy atom. The van der Waals surface area contributed by atoms with Gasteiger partial charge in [-0.15, -0.1) is 0 Å². The third kappa shape index (κ3) is 5.11. The highest BCUT2D eigenvalue weighted by molar-refractivity contribution is 6.30. The standard InChI is InChI=1S/C27H24ClF2N/c1-2-18-4-11-23(31-17-18)12-5-19-6-13-24-22(15-19)10-9-21(27(24)30)8-3-20-7-14-25(28)26(29)16-20/h4,6-7,9-11,13-17H,2-3,5,8,12H2,1H3. The molecule has 0 aliphatic carbocycles. The van der Waals surface area contributed by atoms with Crippen molar-refractivity contribution in [2.45, 2.75) is 39.0 Å². The van der Waals surface area contributed by atoms with E-state index >= 15 is 4.39 Å². The number of rotatable bonds is 7. The van der Waals surface area contributed by atoms with Gasteiger partial charge in [0.1, 0.15) is 11.6 Å². The molecule has 0 atom stereocenters. The van der Waals surface area contributed by atoms with Crippen LogP contribution in [0.3, 0.4) is 0 Å². The Labute approximate surface area is 186 Å². The molecule has 0 spiro atoms. The van der Waals surface area contributed by atoms with Crippen LogP contribution in [-0.4, -0.2) is 4.98 Å². The Hall–Kier alpha value is -2.78. The van der Waals surface area contributed by atoms with E-state index in [0.29, 0.717) is 23.8 Å². The summed E-state index contributed by atoms with van der Waals surface area (Å²) in [6.45, 7) is 2.12. The number of pyridine rings is 1. The number of aryl methyl sites for hydroxylation is 5. The number of benzene rings is 3. The second-order valence-corrected chi connectivity index (χ2v) is 8.26. The van der Waals surface area contributed by atoms with E-state index in [1.807, 2.05) is 30.5 Å². The Morgan fingerprint density at radius 3 is 2.26 bits per heavy atom. The molecule has 4 aromatic rings. The van der Waals surface area contributed by atoms with E-state index in [2.05, 4.69) is 30.1 Å². The minimum atomic E-state index is -0.442. The molecular formula is C27H24ClF2N. The first kappa shape index (κ1) is 21.5. The van der Waals surface area contributed by atoms with Crippen LogP contribution in [0.5, 0.6) is 0 Å². The van der Waals surface area contributed by atoms with Crippen LogP contribution in [-0.2, 0) is 32.1 Å². The molecule has 0 amide bonds. The van der Waals surface area contributed by atoms with Crippen LogP contribution in [0.25, 0.3) is 10.8 Å². The predicted octanol–water partition coefficient (Wildman–Crippen LogP) is 7.30. The third-order valence-electron chi connectivity index (χ3n) is 5.73. The van der Waals surface area contributed by atoms with Gasteiger partial charge in [-0.05, 0) is 77.9 Å². The number of nitrogens with zero attached hydrogens (tertiary/aromatic N) is 1. The van der Waals surface area contributed by atoms with Crippen molar-refractivity contribution in [2.75, 3.05) is 0 Å². The average molecular weight is 436 g/mol. The number of fused-ring (bicyclic) bond motifs is 1. The van der Waals surface area contributed by atoms with Gasteiger partial charge in [-0.2, -0.15) is 0 Å². The van der Waals surface area contributed by atoms with Gasteiger partial charge >= 0.3 is 0 Å². The number of aromatic nitrogens is 1. The van der Waals surface area contributed by atoms with E-state index in [-0.39, 0.29) is 10.8 Å². The second-order valence-electron chi connectivity index (χ2n) is 7.85. The summed E-state index contributed by atoms with van der Waals surface area (Å²) in [4.78, 5) is 4.52. The fraction of sp³-hybridized carbons (Fsp3) is 0.222. The minimum Gasteiger partial charge on any atom is -0.261 e. The fourth-order valence-electron chi connectivity index (χ4n) is 3.79. The molecule has 0 unspecified atom stereocenters. The van der Waals surface area contributed by atoms with Crippen LogP contribution in [0.1, 0.15) is 34.9 Å². The highest BCUT2D eigenvalue weighted by Gasteiger charge is 2.10. The third-order valence-corrected chi connectivity index (χ3v) is 6.04. The molecule has 0 bridgehead atoms. The summed E-state index contributed by atoms with van der Waals surface area (Å²) in [6.07, 6.45) is 5.70. The summed E-state index contributed by atoms with van der Waals surface area (Å²) >= 11 is 5.73. The van der Waals surface area contributed by atoms with E-state index in [4.69, 9.17) is 11.6 Å². The lowest BCUT2D eigenvalue weighted by atomic mass is 9.98. The van der Waals surface area contributed by atoms with Crippen molar-refractivity contribution in [3.05, 3.63) is 111 Å². The van der Waals surface area contributed by atoms with Crippen LogP contribution >= 0.6 is 11.6 Å². The predicted molar refractivity (Wildman–Crippen MR) is 124 cm³/mol. The molecule has 0 radical (unpaired) electrons. The SMILES string of the molecule is CCc1ccc(CCc2ccc3c(F)c(CCc4ccc(Cl)c(F)c4)ccc3c2)nc1. The van der Waals surface area contributed by atoms with Gasteiger partial charge in [-0.1, -0.05) is 61.0 Å². The van der Waals surface area contributed by atoms with Crippen molar-refractivity contribution >= 4 is 22.4 Å². The Kier molecular flexibility index (Phi) is 6.62. The largest absolute Gasteiger partial charge is 0.261 e. The van der Waals surface area contributed by atoms with Crippen LogP contribution in [0.15, 0.2) is 66.9 Å². The molecule has 0 aliphatic heterocycles. The zero-order chi connectivity index (χ0) is 21.8. The van der Waals surface area contributed by atoms with Crippen molar-refractivity contribution in [3.63, 3.8) is 0 Å². The summed E-state index contributed by atoms with van der Waals surface area (Å²) in [5, 5.41) is 1.62. The van der Waals surface area contributed by atoms with E-state index in [1.165, 1.54) is 17.7 Å². The lowest BCUT2D eigenvalue weighted by Crippen LogP contribution is -1.98. The van der Waals surface area contributed by atoms with Crippen molar-refractivity contribution < 1.29 is 8.78 Å². The lowest BCUT2D eigenvalue weighted by molar-refractivity contribution is 0.617. The van der Waals surface area contributed by atoms with Crippen LogP contribution < -0.4 is 0 Å². The summed E-state index contributed by atoms with van der Waals surface area (Å²) in [7, 11) is 0. The molecule has 0 fully saturated rings. The quantitative estimate of drug-likeness (QED) is 0.297. The highest BCUT2D eigenvalue weighted by atomic mass is 35.5. The number of halogens is 3. The second kappa shape index (κ2) is 9.57. The average Bonchev–Trinajstić information content (AvgIpc) is 2.80. The summed E-state index contributed by atoms with van der Waals surface area (Å²) < 4.78 is 28.7. The normalized spacial score (nSPS) is 11.2. The first-order valence-electron chi connectivity index (χ1n) is 10.6. The van der Waals surface area contributed by atoms with Crippen LogP contribution in [0, 0.1) is 11.6 Å². The maximum Gasteiger partial charge on any atom is 0.142 e. The molecule has 0 N–H and O–H groups in total. The number of hydrogen-bond donors (Lipinski definition) is 0. The summed E-state index contributed by atoms with van der Waals surface area (Å²) in [6, 6.07) is 18.6. The smallest absolute Gasteiger partial charge is 0.142 e. The molecule has 0 saturated heterocycles. The molecule has 4 rings (SSSR count). The molecule has 1 heterocycles. The van der Waals surface area contributed by atoms with Crippen LogP contribution in [0.2, 0.25) is 5.02 Å². The molecule has 31 heavy (non-hydrogen) atoms. The van der Waals surface area contributed by atoms with E-state index in [0.717, 1.165) is 41.5 Å². The Morgan fingerprint density at radius 2 is 1.52 bits per heavy atom. The van der Waals surface area contributed by atoms with Crippen molar-refractivity contribution in [2.24, 2.45) is 0 Å². The van der Waals surface area contributed by atoms with Crippen molar-refractivity contribution in [1.29, 1.82) is 0 Å². The Balaban J connectivity index is 1.45. The van der Waals surface area contributed by atoms with Gasteiger partial charge in [0.2, 0.25) is 0 Å². The van der Waals surface area contributed by atoms with E-state index < -0.39 is 5.82 Å². The maximum atomic E-state index is 15.1. The van der Waals surface area contributed by atoms with Gasteiger partial charge in [0, 0.05) is 17.3 Å². The van der Waals surface area contributed by atoms with Crippen LogP contribution in [0.4, 0.5) is 8.78 Å². The van der Waals surface area contributed by atoms with Gasteiger partial charge in [-0.3, -0.25) is 4.98 Å². The summed E-state index contributed by atoms with van der Waals surface area (Å²) in [5.74, 6) is -0.641. The highest BCUT2D eigenvalue weighted by Crippen LogP contribution is 2.25. The molecule has 4 heteroatoms. The van der Waals surface area contributed by atoms with Gasteiger partial charge in [0.15, 0.2) is 0 Å². The molecule has 1 nitrogen and oxygen atoms in total. The maximum absolute atomic E-state index is 15.1. The number of hydrogen-bond acceptors (Lipinski definition) is 1.